The number of rotatable bonds is 2. The third-order valence-corrected chi connectivity index (χ3v) is 0.863. The Hall–Kier alpha value is -1.14. The van der Waals surface area contributed by atoms with E-state index in [9.17, 15) is 0 Å². The Morgan fingerprint density at radius 3 is 2.78 bits per heavy atom. The number of hydrogen-bond acceptors (Lipinski definition) is 0. The van der Waals surface area contributed by atoms with E-state index >= 15 is 0 Å². The van der Waals surface area contributed by atoms with Gasteiger partial charge in [-0.3, -0.25) is 0 Å². The lowest BCUT2D eigenvalue weighted by atomic mass is 10.2. The molecule has 0 saturated carbocycles. The summed E-state index contributed by atoms with van der Waals surface area (Å²) in [6.07, 6.45) is 6.94. The van der Waals surface area contributed by atoms with E-state index in [1.54, 1.807) is 0 Å². The van der Waals surface area contributed by atoms with Crippen molar-refractivity contribution in [3.63, 3.8) is 0 Å². The molecular weight excluding hydrogens is 108 g/mol. The molecule has 0 bridgehead atoms. The van der Waals surface area contributed by atoms with Crippen LogP contribution < -0.4 is 0 Å². The fraction of sp³-hybridized carbons (Fsp3) is 0.333. The van der Waals surface area contributed by atoms with E-state index in [2.05, 4.69) is 31.3 Å². The lowest BCUT2D eigenvalue weighted by Crippen LogP contribution is -1.72. The first kappa shape index (κ1) is 7.86. The van der Waals surface area contributed by atoms with Crippen molar-refractivity contribution in [2.45, 2.75) is 19.8 Å². The van der Waals surface area contributed by atoms with Gasteiger partial charge < -0.3 is 0 Å². The monoisotopic (exact) mass is 118 g/mol. The second-order valence-corrected chi connectivity index (χ2v) is 1.75. The minimum atomic E-state index is 0.926. The van der Waals surface area contributed by atoms with Gasteiger partial charge in [0.25, 0.3) is 0 Å². The maximum absolute atomic E-state index is 4.91. The predicted octanol–water partition coefficient (Wildman–Crippen LogP) is 1.98. The summed E-state index contributed by atoms with van der Waals surface area (Å²) >= 11 is 0. The van der Waals surface area contributed by atoms with Gasteiger partial charge in [0.1, 0.15) is 0 Å². The first-order valence-corrected chi connectivity index (χ1v) is 2.95. The summed E-state index contributed by atoms with van der Waals surface area (Å²) in [5.41, 5.74) is 0.926. The van der Waals surface area contributed by atoms with Crippen LogP contribution in [-0.4, -0.2) is 0 Å². The van der Waals surface area contributed by atoms with E-state index < -0.39 is 0 Å². The van der Waals surface area contributed by atoms with Crippen molar-refractivity contribution in [2.75, 3.05) is 0 Å². The molecule has 0 aliphatic rings. The average Bonchev–Trinajstić information content (AvgIpc) is 1.85. The van der Waals surface area contributed by atoms with Gasteiger partial charge in [-0.1, -0.05) is 25.8 Å². The predicted molar refractivity (Wildman–Crippen MR) is 40.7 cm³/mol. The minimum absolute atomic E-state index is 0.926. The zero-order valence-electron chi connectivity index (χ0n) is 5.70. The summed E-state index contributed by atoms with van der Waals surface area (Å²) in [6, 6.07) is 0. The number of terminal acetylenes is 1. The highest BCUT2D eigenvalue weighted by atomic mass is 13.9. The Kier molecular flexibility index (Phi) is 4.37. The molecule has 0 atom stereocenters. The van der Waals surface area contributed by atoms with Crippen molar-refractivity contribution >= 4 is 0 Å². The van der Waals surface area contributed by atoms with Crippen LogP contribution in [0.3, 0.4) is 0 Å². The summed E-state index contributed by atoms with van der Waals surface area (Å²) in [7, 11) is 0. The fourth-order valence-electron chi connectivity index (χ4n) is 0.489. The van der Waals surface area contributed by atoms with Crippen LogP contribution in [0.4, 0.5) is 0 Å². The van der Waals surface area contributed by atoms with Crippen LogP contribution in [0.15, 0.2) is 12.2 Å². The highest BCUT2D eigenvalue weighted by Gasteiger charge is 1.82. The average molecular weight is 118 g/mol. The van der Waals surface area contributed by atoms with Crippen molar-refractivity contribution in [3.05, 3.63) is 12.2 Å². The summed E-state index contributed by atoms with van der Waals surface area (Å²) in [5.74, 6) is 7.50. The molecule has 0 saturated heterocycles. The zero-order chi connectivity index (χ0) is 7.11. The van der Waals surface area contributed by atoms with Crippen molar-refractivity contribution in [3.8, 4) is 24.2 Å². The van der Waals surface area contributed by atoms with Crippen LogP contribution in [-0.2, 0) is 0 Å². The van der Waals surface area contributed by atoms with Gasteiger partial charge in [0.2, 0.25) is 0 Å². The fourth-order valence-corrected chi connectivity index (χ4v) is 0.489. The lowest BCUT2D eigenvalue weighted by Gasteiger charge is -1.87. The van der Waals surface area contributed by atoms with Gasteiger partial charge in [0.15, 0.2) is 0 Å². The maximum Gasteiger partial charge on any atom is -0.00413 e. The van der Waals surface area contributed by atoms with Gasteiger partial charge >= 0.3 is 0 Å². The second-order valence-electron chi connectivity index (χ2n) is 1.75. The van der Waals surface area contributed by atoms with E-state index in [1.807, 2.05) is 0 Å². The summed E-state index contributed by atoms with van der Waals surface area (Å²) in [5, 5.41) is 0. The van der Waals surface area contributed by atoms with Gasteiger partial charge in [-0.15, -0.1) is 6.42 Å². The lowest BCUT2D eigenvalue weighted by molar-refractivity contribution is 0.936. The van der Waals surface area contributed by atoms with Crippen LogP contribution in [0.2, 0.25) is 0 Å². The van der Waals surface area contributed by atoms with Crippen molar-refractivity contribution < 1.29 is 0 Å². The molecule has 0 aromatic carbocycles. The molecule has 0 N–H and O–H groups in total. The van der Waals surface area contributed by atoms with E-state index in [0.717, 1.165) is 18.4 Å². The largest absolute Gasteiger partial charge is 0.106 e. The molecule has 0 amide bonds. The van der Waals surface area contributed by atoms with Gasteiger partial charge in [-0.25, -0.2) is 0 Å². The molecule has 0 aliphatic carbocycles. The van der Waals surface area contributed by atoms with Crippen LogP contribution >= 0.6 is 0 Å². The minimum Gasteiger partial charge on any atom is -0.106 e. The molecule has 0 fully saturated rings. The molecular formula is C9H10. The van der Waals surface area contributed by atoms with E-state index in [1.165, 1.54) is 0 Å². The molecule has 0 spiro atoms. The van der Waals surface area contributed by atoms with E-state index in [-0.39, 0.29) is 0 Å². The van der Waals surface area contributed by atoms with Crippen LogP contribution in [0.25, 0.3) is 0 Å². The SMILES string of the molecule is C#CC#CC(=C)CCC. The highest BCUT2D eigenvalue weighted by molar-refractivity contribution is 5.33. The van der Waals surface area contributed by atoms with Crippen molar-refractivity contribution in [1.82, 2.24) is 0 Å². The molecule has 0 radical (unpaired) electrons. The van der Waals surface area contributed by atoms with Crippen LogP contribution in [0.5, 0.6) is 0 Å². The molecule has 0 aromatic rings. The summed E-state index contributed by atoms with van der Waals surface area (Å²) in [6.45, 7) is 5.80. The Morgan fingerprint density at radius 2 is 2.33 bits per heavy atom. The van der Waals surface area contributed by atoms with Gasteiger partial charge in [-0.2, -0.15) is 0 Å². The first-order valence-electron chi connectivity index (χ1n) is 2.95. The number of hydrogen-bond donors (Lipinski definition) is 0. The first-order chi connectivity index (χ1) is 4.31. The summed E-state index contributed by atoms with van der Waals surface area (Å²) in [4.78, 5) is 0. The highest BCUT2D eigenvalue weighted by Crippen LogP contribution is 1.97. The van der Waals surface area contributed by atoms with Gasteiger partial charge in [0, 0.05) is 0 Å². The smallest absolute Gasteiger partial charge is 0.00413 e. The van der Waals surface area contributed by atoms with Crippen molar-refractivity contribution in [1.29, 1.82) is 0 Å². The molecule has 0 heterocycles. The van der Waals surface area contributed by atoms with Crippen molar-refractivity contribution in [2.24, 2.45) is 0 Å². The third kappa shape index (κ3) is 4.72. The Balaban J connectivity index is 3.66. The molecule has 9 heavy (non-hydrogen) atoms. The molecule has 0 aromatic heterocycles. The van der Waals surface area contributed by atoms with E-state index in [4.69, 9.17) is 6.42 Å². The van der Waals surface area contributed by atoms with Crippen LogP contribution in [0, 0.1) is 24.2 Å². The summed E-state index contributed by atoms with van der Waals surface area (Å²) < 4.78 is 0. The Labute approximate surface area is 57.0 Å². The standard InChI is InChI=1S/C9H10/c1-4-6-8-9(3)7-5-2/h1H,3,5,7H2,2H3. The number of allylic oxidation sites excluding steroid dienone is 1. The molecule has 0 aliphatic heterocycles. The topological polar surface area (TPSA) is 0 Å². The quantitative estimate of drug-likeness (QED) is 0.486. The second kappa shape index (κ2) is 5.01. The molecule has 46 valence electrons. The molecule has 0 nitrogen and oxygen atoms in total. The van der Waals surface area contributed by atoms with Gasteiger partial charge in [-0.05, 0) is 23.8 Å². The maximum atomic E-state index is 4.91. The molecule has 0 unspecified atom stereocenters. The Bertz CT molecular complexity index is 180. The van der Waals surface area contributed by atoms with Crippen LogP contribution in [0.1, 0.15) is 19.8 Å². The van der Waals surface area contributed by atoms with Gasteiger partial charge in [0.05, 0.1) is 0 Å². The van der Waals surface area contributed by atoms with E-state index in [0.29, 0.717) is 0 Å². The third-order valence-electron chi connectivity index (χ3n) is 0.863. The molecule has 0 heteroatoms. The Morgan fingerprint density at radius 1 is 1.67 bits per heavy atom. The molecule has 0 rings (SSSR count). The zero-order valence-corrected chi connectivity index (χ0v) is 5.70. The normalized spacial score (nSPS) is 6.67.